The summed E-state index contributed by atoms with van der Waals surface area (Å²) in [7, 11) is 1.78. The molecule has 134 valence electrons. The van der Waals surface area contributed by atoms with Crippen LogP contribution in [0.4, 0.5) is 0 Å². The molecular formula is C19H22N6O. The molecule has 1 N–H and O–H groups in total. The summed E-state index contributed by atoms with van der Waals surface area (Å²) in [5, 5.41) is 11.0. The van der Waals surface area contributed by atoms with Gasteiger partial charge in [0.15, 0.2) is 5.65 Å². The first-order chi connectivity index (χ1) is 12.7. The number of pyridine rings is 1. The van der Waals surface area contributed by atoms with Crippen LogP contribution in [0.1, 0.15) is 34.8 Å². The monoisotopic (exact) mass is 350 g/mol. The molecule has 3 aromatic rings. The Hall–Kier alpha value is -2.80. The minimum absolute atomic E-state index is 0.134. The Bertz CT molecular complexity index is 901. The summed E-state index contributed by atoms with van der Waals surface area (Å²) >= 11 is 0. The standard InChI is InChI=1S/C19H22N6O/c1-24-18-16(22-23-24)11-15(12-20-18)19(26)21-13-17(25-9-5-6-10-25)14-7-3-2-4-8-14/h2-4,7-8,11-12,17H,5-6,9-10,13H2,1H3,(H,21,26). The molecule has 0 aliphatic carbocycles. The highest BCUT2D eigenvalue weighted by molar-refractivity contribution is 5.96. The van der Waals surface area contributed by atoms with E-state index in [9.17, 15) is 4.79 Å². The average Bonchev–Trinajstić information content (AvgIpc) is 3.33. The Morgan fingerprint density at radius 2 is 2.00 bits per heavy atom. The summed E-state index contributed by atoms with van der Waals surface area (Å²) < 4.78 is 1.59. The summed E-state index contributed by atoms with van der Waals surface area (Å²) in [5.74, 6) is -0.134. The normalized spacial score (nSPS) is 16.0. The molecule has 1 aromatic carbocycles. The summed E-state index contributed by atoms with van der Waals surface area (Å²) in [6.07, 6.45) is 4.00. The van der Waals surface area contributed by atoms with E-state index in [1.54, 1.807) is 24.0 Å². The molecule has 0 bridgehead atoms. The van der Waals surface area contributed by atoms with Gasteiger partial charge < -0.3 is 5.32 Å². The molecule has 0 spiro atoms. The van der Waals surface area contributed by atoms with Crippen LogP contribution >= 0.6 is 0 Å². The number of carbonyl (C=O) groups excluding carboxylic acids is 1. The molecule has 0 saturated carbocycles. The summed E-state index contributed by atoms with van der Waals surface area (Å²) in [6, 6.07) is 12.3. The molecule has 1 aliphatic rings. The number of nitrogens with zero attached hydrogens (tertiary/aromatic N) is 5. The molecule has 3 heterocycles. The first-order valence-electron chi connectivity index (χ1n) is 8.95. The molecule has 1 aliphatic heterocycles. The quantitative estimate of drug-likeness (QED) is 0.761. The third-order valence-electron chi connectivity index (χ3n) is 4.92. The predicted octanol–water partition coefficient (Wildman–Crippen LogP) is 1.93. The molecule has 4 rings (SSSR count). The van der Waals surface area contributed by atoms with Crippen molar-refractivity contribution < 1.29 is 4.79 Å². The second-order valence-corrected chi connectivity index (χ2v) is 6.66. The van der Waals surface area contributed by atoms with Crippen molar-refractivity contribution in [2.45, 2.75) is 18.9 Å². The maximum atomic E-state index is 12.6. The molecule has 2 aromatic heterocycles. The van der Waals surface area contributed by atoms with Crippen LogP contribution in [-0.2, 0) is 7.05 Å². The molecule has 1 amide bonds. The van der Waals surface area contributed by atoms with Gasteiger partial charge in [-0.25, -0.2) is 9.67 Å². The van der Waals surface area contributed by atoms with E-state index in [1.807, 2.05) is 18.2 Å². The fourth-order valence-electron chi connectivity index (χ4n) is 3.53. The molecule has 26 heavy (non-hydrogen) atoms. The zero-order valence-corrected chi connectivity index (χ0v) is 14.8. The molecule has 1 unspecified atom stereocenters. The van der Waals surface area contributed by atoms with Gasteiger partial charge in [-0.1, -0.05) is 35.5 Å². The largest absolute Gasteiger partial charge is 0.350 e. The Kier molecular flexibility index (Phi) is 4.62. The maximum Gasteiger partial charge on any atom is 0.252 e. The van der Waals surface area contributed by atoms with Gasteiger partial charge >= 0.3 is 0 Å². The van der Waals surface area contributed by atoms with E-state index in [2.05, 4.69) is 37.6 Å². The van der Waals surface area contributed by atoms with Crippen LogP contribution in [0.3, 0.4) is 0 Å². The van der Waals surface area contributed by atoms with Crippen molar-refractivity contribution in [3.05, 3.63) is 53.7 Å². The number of nitrogens with one attached hydrogen (secondary N) is 1. The van der Waals surface area contributed by atoms with Crippen molar-refractivity contribution in [1.82, 2.24) is 30.2 Å². The van der Waals surface area contributed by atoms with Crippen LogP contribution in [0.15, 0.2) is 42.6 Å². The lowest BCUT2D eigenvalue weighted by atomic mass is 10.1. The van der Waals surface area contributed by atoms with Crippen molar-refractivity contribution >= 4 is 17.1 Å². The highest BCUT2D eigenvalue weighted by Gasteiger charge is 2.24. The van der Waals surface area contributed by atoms with Crippen LogP contribution < -0.4 is 5.32 Å². The van der Waals surface area contributed by atoms with Gasteiger partial charge in [-0.3, -0.25) is 9.69 Å². The molecule has 1 fully saturated rings. The third kappa shape index (κ3) is 3.30. The lowest BCUT2D eigenvalue weighted by molar-refractivity contribution is 0.0937. The van der Waals surface area contributed by atoms with Gasteiger partial charge in [0, 0.05) is 19.8 Å². The van der Waals surface area contributed by atoms with Gasteiger partial charge in [-0.15, -0.1) is 5.10 Å². The van der Waals surface area contributed by atoms with Gasteiger partial charge in [-0.05, 0) is 37.6 Å². The SMILES string of the molecule is Cn1nnc2cc(C(=O)NCC(c3ccccc3)N3CCCC3)cnc21. The number of likely N-dealkylation sites (tertiary alicyclic amines) is 1. The van der Waals surface area contributed by atoms with Gasteiger partial charge in [0.05, 0.1) is 11.6 Å². The number of fused-ring (bicyclic) bond motifs is 1. The van der Waals surface area contributed by atoms with Crippen LogP contribution in [0, 0.1) is 0 Å². The van der Waals surface area contributed by atoms with Crippen molar-refractivity contribution in [2.24, 2.45) is 7.05 Å². The van der Waals surface area contributed by atoms with E-state index in [1.165, 1.54) is 18.4 Å². The number of benzene rings is 1. The Morgan fingerprint density at radius 3 is 2.77 bits per heavy atom. The second-order valence-electron chi connectivity index (χ2n) is 6.66. The first kappa shape index (κ1) is 16.7. The summed E-state index contributed by atoms with van der Waals surface area (Å²) in [6.45, 7) is 2.71. The smallest absolute Gasteiger partial charge is 0.252 e. The van der Waals surface area contributed by atoms with Crippen LogP contribution in [0.5, 0.6) is 0 Å². The maximum absolute atomic E-state index is 12.6. The minimum Gasteiger partial charge on any atom is -0.350 e. The van der Waals surface area contributed by atoms with Gasteiger partial charge in [0.2, 0.25) is 0 Å². The fourth-order valence-corrected chi connectivity index (χ4v) is 3.53. The molecule has 1 atom stereocenters. The summed E-state index contributed by atoms with van der Waals surface area (Å²) in [4.78, 5) is 19.4. The summed E-state index contributed by atoms with van der Waals surface area (Å²) in [5.41, 5.74) is 3.03. The molecule has 7 heteroatoms. The zero-order chi connectivity index (χ0) is 17.9. The highest BCUT2D eigenvalue weighted by atomic mass is 16.1. The van der Waals surface area contributed by atoms with Crippen molar-refractivity contribution in [1.29, 1.82) is 0 Å². The molecule has 1 saturated heterocycles. The number of hydrogen-bond donors (Lipinski definition) is 1. The van der Waals surface area contributed by atoms with E-state index in [4.69, 9.17) is 0 Å². The third-order valence-corrected chi connectivity index (χ3v) is 4.92. The number of hydrogen-bond acceptors (Lipinski definition) is 5. The topological polar surface area (TPSA) is 75.9 Å². The van der Waals surface area contributed by atoms with E-state index in [-0.39, 0.29) is 11.9 Å². The number of amides is 1. The molecule has 0 radical (unpaired) electrons. The van der Waals surface area contributed by atoms with E-state index >= 15 is 0 Å². The number of aromatic nitrogens is 4. The average molecular weight is 350 g/mol. The Labute approximate surface area is 152 Å². The predicted molar refractivity (Wildman–Crippen MR) is 98.6 cm³/mol. The number of carbonyl (C=O) groups is 1. The zero-order valence-electron chi connectivity index (χ0n) is 14.8. The minimum atomic E-state index is -0.134. The Morgan fingerprint density at radius 1 is 1.23 bits per heavy atom. The van der Waals surface area contributed by atoms with Crippen molar-refractivity contribution in [2.75, 3.05) is 19.6 Å². The van der Waals surface area contributed by atoms with E-state index in [0.717, 1.165) is 13.1 Å². The second kappa shape index (κ2) is 7.21. The van der Waals surface area contributed by atoms with Gasteiger partial charge in [-0.2, -0.15) is 0 Å². The van der Waals surface area contributed by atoms with Gasteiger partial charge in [0.1, 0.15) is 5.52 Å². The highest BCUT2D eigenvalue weighted by Crippen LogP contribution is 2.24. The van der Waals surface area contributed by atoms with E-state index < -0.39 is 0 Å². The van der Waals surface area contributed by atoms with Crippen LogP contribution in [0.25, 0.3) is 11.2 Å². The fraction of sp³-hybridized carbons (Fsp3) is 0.368. The lowest BCUT2D eigenvalue weighted by Crippen LogP contribution is -2.36. The van der Waals surface area contributed by atoms with Gasteiger partial charge in [0.25, 0.3) is 5.91 Å². The number of rotatable bonds is 5. The van der Waals surface area contributed by atoms with Crippen molar-refractivity contribution in [3.8, 4) is 0 Å². The van der Waals surface area contributed by atoms with Crippen LogP contribution in [-0.4, -0.2) is 50.4 Å². The Balaban J connectivity index is 1.49. The lowest BCUT2D eigenvalue weighted by Gasteiger charge is -2.28. The molecular weight excluding hydrogens is 328 g/mol. The van der Waals surface area contributed by atoms with Crippen molar-refractivity contribution in [3.63, 3.8) is 0 Å². The number of aryl methyl sites for hydroxylation is 1. The molecule has 7 nitrogen and oxygen atoms in total. The van der Waals surface area contributed by atoms with Crippen LogP contribution in [0.2, 0.25) is 0 Å². The van der Waals surface area contributed by atoms with E-state index in [0.29, 0.717) is 23.3 Å². The first-order valence-corrected chi connectivity index (χ1v) is 8.95.